The van der Waals surface area contributed by atoms with Gasteiger partial charge in [-0.05, 0) is 21.5 Å². The van der Waals surface area contributed by atoms with Crippen molar-refractivity contribution >= 4 is 14.3 Å². The van der Waals surface area contributed by atoms with Gasteiger partial charge in [-0.1, -0.05) is 62.3 Å². The van der Waals surface area contributed by atoms with Crippen molar-refractivity contribution in [3.63, 3.8) is 0 Å². The molecule has 0 aliphatic rings. The van der Waals surface area contributed by atoms with Gasteiger partial charge in [0.15, 0.2) is 0 Å². The topological polar surface area (TPSA) is 46.5 Å². The molecule has 1 N–H and O–H groups in total. The molecule has 0 saturated heterocycles. The summed E-state index contributed by atoms with van der Waals surface area (Å²) < 4.78 is 6.22. The molecule has 0 atom stereocenters. The van der Waals surface area contributed by atoms with Crippen molar-refractivity contribution in [2.45, 2.75) is 90.3 Å². The first-order valence-corrected chi connectivity index (χ1v) is 9.44. The van der Waals surface area contributed by atoms with Crippen LogP contribution < -0.4 is 0 Å². The Hall–Kier alpha value is -0.353. The molecule has 4 heteroatoms. The van der Waals surface area contributed by atoms with Gasteiger partial charge in [-0.3, -0.25) is 4.79 Å². The number of hydrogen-bond acceptors (Lipinski definition) is 3. The number of hydrogen-bond donors (Lipinski definition) is 1. The van der Waals surface area contributed by atoms with Gasteiger partial charge in [0.05, 0.1) is 0 Å². The molecule has 0 aromatic heterocycles. The van der Waals surface area contributed by atoms with Crippen molar-refractivity contribution in [1.29, 1.82) is 0 Å². The van der Waals surface area contributed by atoms with E-state index in [1.165, 1.54) is 0 Å². The Kier molecular flexibility index (Phi) is 6.07. The molecule has 20 heavy (non-hydrogen) atoms. The molecule has 0 fully saturated rings. The predicted molar refractivity (Wildman–Crippen MR) is 87.3 cm³/mol. The van der Waals surface area contributed by atoms with Crippen LogP contribution in [0.1, 0.15) is 75.2 Å². The van der Waals surface area contributed by atoms with E-state index in [0.29, 0.717) is 12.8 Å². The van der Waals surface area contributed by atoms with Crippen LogP contribution in [0, 0.1) is 0 Å². The van der Waals surface area contributed by atoms with Gasteiger partial charge in [-0.15, -0.1) is 0 Å². The summed E-state index contributed by atoms with van der Waals surface area (Å²) in [4.78, 5) is 12.3. The Labute approximate surface area is 126 Å². The van der Waals surface area contributed by atoms with Gasteiger partial charge in [0.2, 0.25) is 0 Å². The lowest BCUT2D eigenvalue weighted by molar-refractivity contribution is -0.136. The standard InChI is InChI=1S/C16H34O3Si/c1-14(2,3)20(15(4,5)6,16(7,8)9)19-13(18)11-10-12-17/h17H,10-12H2,1-9H3. The Morgan fingerprint density at radius 2 is 1.25 bits per heavy atom. The zero-order valence-corrected chi connectivity index (χ0v) is 15.9. The van der Waals surface area contributed by atoms with E-state index in [4.69, 9.17) is 9.53 Å². The van der Waals surface area contributed by atoms with E-state index in [1.54, 1.807) is 0 Å². The molecule has 3 nitrogen and oxygen atoms in total. The first-order chi connectivity index (χ1) is 8.70. The molecule has 0 saturated carbocycles. The number of rotatable bonds is 4. The van der Waals surface area contributed by atoms with Crippen LogP contribution in [-0.4, -0.2) is 26.0 Å². The molecule has 0 aromatic rings. The van der Waals surface area contributed by atoms with E-state index in [-0.39, 0.29) is 27.7 Å². The van der Waals surface area contributed by atoms with E-state index < -0.39 is 8.32 Å². The Morgan fingerprint density at radius 1 is 0.900 bits per heavy atom. The van der Waals surface area contributed by atoms with Crippen molar-refractivity contribution in [3.8, 4) is 0 Å². The second-order valence-electron chi connectivity index (χ2n) is 8.73. The highest BCUT2D eigenvalue weighted by molar-refractivity contribution is 6.83. The van der Waals surface area contributed by atoms with Crippen molar-refractivity contribution in [1.82, 2.24) is 0 Å². The van der Waals surface area contributed by atoms with Crippen LogP contribution in [0.5, 0.6) is 0 Å². The van der Waals surface area contributed by atoms with E-state index in [2.05, 4.69) is 62.3 Å². The van der Waals surface area contributed by atoms with E-state index in [1.807, 2.05) is 0 Å². The van der Waals surface area contributed by atoms with E-state index in [9.17, 15) is 4.79 Å². The molecular weight excluding hydrogens is 268 g/mol. The Balaban J connectivity index is 5.75. The molecule has 120 valence electrons. The summed E-state index contributed by atoms with van der Waals surface area (Å²) in [6, 6.07) is 0. The quantitative estimate of drug-likeness (QED) is 0.769. The summed E-state index contributed by atoms with van der Waals surface area (Å²) in [5, 5.41) is 8.73. The largest absolute Gasteiger partial charge is 0.517 e. The van der Waals surface area contributed by atoms with Gasteiger partial charge in [0.25, 0.3) is 14.3 Å². The number of aliphatic hydroxyl groups is 1. The zero-order chi connectivity index (χ0) is 16.4. The average Bonchev–Trinajstić information content (AvgIpc) is 2.17. The minimum absolute atomic E-state index is 0.0320. The maximum Gasteiger partial charge on any atom is 0.292 e. The number of aliphatic hydroxyl groups excluding tert-OH is 1. The lowest BCUT2D eigenvalue weighted by Crippen LogP contribution is -2.61. The third-order valence-electron chi connectivity index (χ3n) is 3.97. The predicted octanol–water partition coefficient (Wildman–Crippen LogP) is 4.65. The summed E-state index contributed by atoms with van der Waals surface area (Å²) in [5.74, 6) is -0.162. The van der Waals surface area contributed by atoms with Crippen molar-refractivity contribution in [2.75, 3.05) is 6.61 Å². The average molecular weight is 303 g/mol. The molecule has 0 rings (SSSR count). The van der Waals surface area contributed by atoms with Gasteiger partial charge in [-0.25, -0.2) is 0 Å². The van der Waals surface area contributed by atoms with Crippen LogP contribution in [-0.2, 0) is 9.22 Å². The van der Waals surface area contributed by atoms with Crippen molar-refractivity contribution < 1.29 is 14.3 Å². The maximum absolute atomic E-state index is 12.3. The maximum atomic E-state index is 12.3. The van der Waals surface area contributed by atoms with Crippen LogP contribution in [0.15, 0.2) is 0 Å². The number of carbonyl (C=O) groups excluding carboxylic acids is 1. The van der Waals surface area contributed by atoms with E-state index >= 15 is 0 Å². The third-order valence-corrected chi connectivity index (χ3v) is 10.8. The molecule has 0 radical (unpaired) electrons. The fourth-order valence-corrected chi connectivity index (χ4v) is 12.4. The van der Waals surface area contributed by atoms with Crippen molar-refractivity contribution in [3.05, 3.63) is 0 Å². The highest BCUT2D eigenvalue weighted by Crippen LogP contribution is 2.62. The highest BCUT2D eigenvalue weighted by Gasteiger charge is 2.64. The zero-order valence-electron chi connectivity index (χ0n) is 14.9. The molecule has 0 spiro atoms. The summed E-state index contributed by atoms with van der Waals surface area (Å²) >= 11 is 0. The molecule has 0 aromatic carbocycles. The fraction of sp³-hybridized carbons (Fsp3) is 0.938. The smallest absolute Gasteiger partial charge is 0.292 e. The molecule has 0 bridgehead atoms. The normalized spacial score (nSPS) is 14.3. The highest BCUT2D eigenvalue weighted by atomic mass is 28.4. The monoisotopic (exact) mass is 302 g/mol. The van der Waals surface area contributed by atoms with Crippen LogP contribution in [0.4, 0.5) is 0 Å². The van der Waals surface area contributed by atoms with Crippen LogP contribution in [0.3, 0.4) is 0 Å². The second-order valence-corrected chi connectivity index (χ2v) is 14.8. The summed E-state index contributed by atoms with van der Waals surface area (Å²) in [5.41, 5.74) is 0. The third kappa shape index (κ3) is 3.85. The lowest BCUT2D eigenvalue weighted by Gasteiger charge is -2.56. The van der Waals surface area contributed by atoms with Crippen molar-refractivity contribution in [2.24, 2.45) is 0 Å². The molecule has 0 aliphatic heterocycles. The Morgan fingerprint density at radius 3 is 1.50 bits per heavy atom. The summed E-state index contributed by atoms with van der Waals surface area (Å²) in [6.45, 7) is 19.7. The Bertz CT molecular complexity index is 293. The second kappa shape index (κ2) is 6.18. The van der Waals surface area contributed by atoms with Gasteiger partial charge >= 0.3 is 0 Å². The lowest BCUT2D eigenvalue weighted by atomic mass is 10.2. The molecular formula is C16H34O3Si. The molecule has 0 amide bonds. The first-order valence-electron chi connectivity index (χ1n) is 7.53. The number of carbonyl (C=O) groups is 1. The summed E-state index contributed by atoms with van der Waals surface area (Å²) in [6.07, 6.45) is 0.773. The SMILES string of the molecule is CC(C)(C)[Si](OC(=O)CCCO)(C(C)(C)C)C(C)(C)C. The first kappa shape index (κ1) is 19.6. The van der Waals surface area contributed by atoms with Crippen LogP contribution in [0.25, 0.3) is 0 Å². The van der Waals surface area contributed by atoms with Gasteiger partial charge in [0.1, 0.15) is 0 Å². The molecule has 0 heterocycles. The van der Waals surface area contributed by atoms with E-state index in [0.717, 1.165) is 0 Å². The molecule has 0 unspecified atom stereocenters. The summed E-state index contributed by atoms with van der Waals surface area (Å²) in [7, 11) is -2.44. The van der Waals surface area contributed by atoms with Crippen LogP contribution in [0.2, 0.25) is 15.1 Å². The molecule has 0 aliphatic carbocycles. The minimum Gasteiger partial charge on any atom is -0.517 e. The minimum atomic E-state index is -2.44. The van der Waals surface area contributed by atoms with Crippen LogP contribution >= 0.6 is 0 Å². The fourth-order valence-electron chi connectivity index (χ4n) is 4.28. The van der Waals surface area contributed by atoms with Gasteiger partial charge in [-0.2, -0.15) is 0 Å². The van der Waals surface area contributed by atoms with Gasteiger partial charge in [0, 0.05) is 13.0 Å². The van der Waals surface area contributed by atoms with Gasteiger partial charge < -0.3 is 9.53 Å².